The normalized spacial score (nSPS) is 10.2. The number of non-ortho nitro benzene ring substituents is 1. The van der Waals surface area contributed by atoms with E-state index >= 15 is 0 Å². The van der Waals surface area contributed by atoms with Crippen LogP contribution in [0, 0.1) is 10.1 Å². The highest BCUT2D eigenvalue weighted by Crippen LogP contribution is 2.18. The second kappa shape index (κ2) is 6.45. The third-order valence-corrected chi connectivity index (χ3v) is 3.51. The van der Waals surface area contributed by atoms with Gasteiger partial charge >= 0.3 is 0 Å². The molecule has 0 saturated carbocycles. The van der Waals surface area contributed by atoms with E-state index in [2.05, 4.69) is 20.9 Å². The van der Waals surface area contributed by atoms with Crippen molar-refractivity contribution >= 4 is 27.5 Å². The average molecular weight is 350 g/mol. The smallest absolute Gasteiger partial charge is 0.269 e. The van der Waals surface area contributed by atoms with Crippen molar-refractivity contribution in [3.8, 4) is 0 Å². The quantitative estimate of drug-likeness (QED) is 0.483. The molecule has 0 fully saturated rings. The molecule has 0 radical (unpaired) electrons. The van der Waals surface area contributed by atoms with Gasteiger partial charge < -0.3 is 4.90 Å². The Labute approximate surface area is 129 Å². The van der Waals surface area contributed by atoms with E-state index in [9.17, 15) is 14.9 Å². The highest BCUT2D eigenvalue weighted by molar-refractivity contribution is 9.10. The Morgan fingerprint density at radius 1 is 1.38 bits per heavy atom. The van der Waals surface area contributed by atoms with Crippen LogP contribution in [0.4, 0.5) is 5.69 Å². The lowest BCUT2D eigenvalue weighted by molar-refractivity contribution is -0.384. The highest BCUT2D eigenvalue weighted by Gasteiger charge is 2.16. The van der Waals surface area contributed by atoms with Crippen LogP contribution in [0.15, 0.2) is 47.2 Å². The van der Waals surface area contributed by atoms with Gasteiger partial charge in [0, 0.05) is 31.9 Å². The fourth-order valence-electron chi connectivity index (χ4n) is 1.87. The Balaban J connectivity index is 2.16. The zero-order valence-corrected chi connectivity index (χ0v) is 12.8. The number of carbonyl (C=O) groups is 1. The van der Waals surface area contributed by atoms with Gasteiger partial charge in [0.2, 0.25) is 0 Å². The molecule has 1 heterocycles. The van der Waals surface area contributed by atoms with Crippen molar-refractivity contribution in [2.24, 2.45) is 0 Å². The number of nitro groups is 1. The number of hydrogen-bond donors (Lipinski definition) is 0. The van der Waals surface area contributed by atoms with E-state index in [1.165, 1.54) is 17.0 Å². The number of nitrogens with zero attached hydrogens (tertiary/aromatic N) is 3. The lowest BCUT2D eigenvalue weighted by Crippen LogP contribution is -2.26. The predicted molar refractivity (Wildman–Crippen MR) is 80.8 cm³/mol. The van der Waals surface area contributed by atoms with Crippen LogP contribution in [0.3, 0.4) is 0 Å². The van der Waals surface area contributed by atoms with Crippen molar-refractivity contribution in [2.45, 2.75) is 6.54 Å². The molecule has 6 nitrogen and oxygen atoms in total. The largest absolute Gasteiger partial charge is 0.337 e. The summed E-state index contributed by atoms with van der Waals surface area (Å²) in [5, 5.41) is 10.7. The number of aromatic nitrogens is 1. The molecule has 0 spiro atoms. The lowest BCUT2D eigenvalue weighted by atomic mass is 10.2. The Morgan fingerprint density at radius 2 is 2.14 bits per heavy atom. The summed E-state index contributed by atoms with van der Waals surface area (Å²) >= 11 is 3.23. The van der Waals surface area contributed by atoms with Crippen LogP contribution >= 0.6 is 15.9 Å². The van der Waals surface area contributed by atoms with Crippen molar-refractivity contribution in [3.05, 3.63) is 68.4 Å². The van der Waals surface area contributed by atoms with Gasteiger partial charge in [-0.3, -0.25) is 14.9 Å². The van der Waals surface area contributed by atoms with Crippen molar-refractivity contribution in [3.63, 3.8) is 0 Å². The van der Waals surface area contributed by atoms with Crippen molar-refractivity contribution in [1.82, 2.24) is 9.88 Å². The number of halogens is 1. The molecule has 0 aliphatic rings. The van der Waals surface area contributed by atoms with Gasteiger partial charge in [-0.25, -0.2) is 4.98 Å². The molecular formula is C14H12BrN3O3. The van der Waals surface area contributed by atoms with E-state index in [-0.39, 0.29) is 18.1 Å². The van der Waals surface area contributed by atoms with Crippen LogP contribution < -0.4 is 0 Å². The van der Waals surface area contributed by atoms with Gasteiger partial charge in [0.15, 0.2) is 0 Å². The summed E-state index contributed by atoms with van der Waals surface area (Å²) in [7, 11) is 1.64. The van der Waals surface area contributed by atoms with Crippen molar-refractivity contribution in [2.75, 3.05) is 7.05 Å². The first-order valence-electron chi connectivity index (χ1n) is 6.08. The third kappa shape index (κ3) is 3.63. The summed E-state index contributed by atoms with van der Waals surface area (Å²) < 4.78 is 0.473. The Bertz CT molecular complexity index is 691. The Kier molecular flexibility index (Phi) is 4.64. The monoisotopic (exact) mass is 349 g/mol. The van der Waals surface area contributed by atoms with Gasteiger partial charge in [-0.2, -0.15) is 0 Å². The van der Waals surface area contributed by atoms with E-state index in [4.69, 9.17) is 0 Å². The molecule has 1 aromatic carbocycles. The van der Waals surface area contributed by atoms with Crippen LogP contribution in [0.5, 0.6) is 0 Å². The highest BCUT2D eigenvalue weighted by atomic mass is 79.9. The molecule has 2 rings (SSSR count). The van der Waals surface area contributed by atoms with E-state index in [1.807, 2.05) is 0 Å². The van der Waals surface area contributed by atoms with E-state index < -0.39 is 4.92 Å². The van der Waals surface area contributed by atoms with Gasteiger partial charge in [0.25, 0.3) is 11.6 Å². The molecule has 7 heteroatoms. The number of carbonyl (C=O) groups excluding carboxylic acids is 1. The summed E-state index contributed by atoms with van der Waals surface area (Å²) in [5.74, 6) is -0.207. The minimum Gasteiger partial charge on any atom is -0.337 e. The molecule has 0 aliphatic carbocycles. The maximum absolute atomic E-state index is 12.3. The predicted octanol–water partition coefficient (Wildman–Crippen LogP) is 3.02. The van der Waals surface area contributed by atoms with Crippen LogP contribution in [0.1, 0.15) is 15.9 Å². The number of hydrogen-bond acceptors (Lipinski definition) is 4. The number of amides is 1. The molecule has 0 N–H and O–H groups in total. The van der Waals surface area contributed by atoms with E-state index in [0.29, 0.717) is 15.7 Å². The summed E-state index contributed by atoms with van der Waals surface area (Å²) in [4.78, 5) is 28.1. The lowest BCUT2D eigenvalue weighted by Gasteiger charge is -2.17. The maximum atomic E-state index is 12.3. The van der Waals surface area contributed by atoms with E-state index in [1.54, 1.807) is 37.5 Å². The van der Waals surface area contributed by atoms with E-state index in [0.717, 1.165) is 0 Å². The number of rotatable bonds is 4. The van der Waals surface area contributed by atoms with Gasteiger partial charge in [0.1, 0.15) is 4.60 Å². The molecular weight excluding hydrogens is 338 g/mol. The third-order valence-electron chi connectivity index (χ3n) is 2.88. The summed E-state index contributed by atoms with van der Waals surface area (Å²) in [5.41, 5.74) is 1.15. The number of pyridine rings is 1. The molecule has 1 aromatic heterocycles. The van der Waals surface area contributed by atoms with Gasteiger partial charge in [0.05, 0.1) is 10.5 Å². The molecule has 0 aliphatic heterocycles. The average Bonchev–Trinajstić information content (AvgIpc) is 2.47. The minimum absolute atomic E-state index is 0.0101. The van der Waals surface area contributed by atoms with Crippen LogP contribution in [0.2, 0.25) is 0 Å². The minimum atomic E-state index is -0.455. The standard InChI is InChI=1S/C14H12BrN3O3/c1-17(14(19)12-6-3-7-16-13(12)15)9-10-4-2-5-11(8-10)18(20)21/h2-8H,9H2,1H3. The molecule has 0 bridgehead atoms. The topological polar surface area (TPSA) is 76.3 Å². The zero-order valence-electron chi connectivity index (χ0n) is 11.2. The molecule has 1 amide bonds. The van der Waals surface area contributed by atoms with Gasteiger partial charge in [-0.05, 0) is 33.6 Å². The molecule has 0 saturated heterocycles. The number of benzene rings is 1. The van der Waals surface area contributed by atoms with Crippen LogP contribution in [-0.4, -0.2) is 27.8 Å². The first kappa shape index (κ1) is 15.1. The van der Waals surface area contributed by atoms with Crippen LogP contribution in [-0.2, 0) is 6.54 Å². The molecule has 0 atom stereocenters. The SMILES string of the molecule is CN(Cc1cccc([N+](=O)[O-])c1)C(=O)c1cccnc1Br. The van der Waals surface area contributed by atoms with Gasteiger partial charge in [-0.1, -0.05) is 12.1 Å². The first-order valence-corrected chi connectivity index (χ1v) is 6.87. The zero-order chi connectivity index (χ0) is 15.4. The second-order valence-corrected chi connectivity index (χ2v) is 5.18. The van der Waals surface area contributed by atoms with Crippen molar-refractivity contribution < 1.29 is 9.72 Å². The number of nitro benzene ring substituents is 1. The molecule has 108 valence electrons. The Morgan fingerprint density at radius 3 is 2.81 bits per heavy atom. The fraction of sp³-hybridized carbons (Fsp3) is 0.143. The maximum Gasteiger partial charge on any atom is 0.269 e. The van der Waals surface area contributed by atoms with Crippen LogP contribution in [0.25, 0.3) is 0 Å². The first-order chi connectivity index (χ1) is 9.99. The molecule has 21 heavy (non-hydrogen) atoms. The summed E-state index contributed by atoms with van der Waals surface area (Å²) in [6, 6.07) is 9.58. The fourth-order valence-corrected chi connectivity index (χ4v) is 2.29. The summed E-state index contributed by atoms with van der Waals surface area (Å²) in [6.07, 6.45) is 1.58. The second-order valence-electron chi connectivity index (χ2n) is 4.43. The summed E-state index contributed by atoms with van der Waals surface area (Å²) in [6.45, 7) is 0.280. The molecule has 2 aromatic rings. The van der Waals surface area contributed by atoms with Gasteiger partial charge in [-0.15, -0.1) is 0 Å². The van der Waals surface area contributed by atoms with Crippen molar-refractivity contribution in [1.29, 1.82) is 0 Å². The molecule has 0 unspecified atom stereocenters. The Hall–Kier alpha value is -2.28.